The van der Waals surface area contributed by atoms with Crippen molar-refractivity contribution in [1.82, 2.24) is 0 Å². The molecular weight excluding hydrogens is 1180 g/mol. The molecule has 3 aliphatic heterocycles. The van der Waals surface area contributed by atoms with Crippen LogP contribution in [0.1, 0.15) is 126 Å². The highest BCUT2D eigenvalue weighted by Crippen LogP contribution is 2.73. The Labute approximate surface area is 490 Å². The SMILES string of the molecule is COC1(c2cccc(OP(=O)([O-])[O-])c2)OOC12C1CC3CC(C1)CC2C3.COC1(c2cccc(OP(=O)([O-])[O-])c2)OOC12C1CC3CC2CC(Cl)(C3)C1.O=C(O)CCCOC1(c2cccc(OP(=O)([O-])[O-])c2)OOC12C1CC3CC(C1)CC2C3. The Morgan fingerprint density at radius 2 is 0.833 bits per heavy atom. The van der Waals surface area contributed by atoms with Crippen LogP contribution >= 0.6 is 35.1 Å². The molecule has 3 aromatic carbocycles. The van der Waals surface area contributed by atoms with Crippen LogP contribution in [0.5, 0.6) is 17.2 Å². The molecule has 3 saturated heterocycles. The molecule has 12 aliphatic carbocycles. The predicted octanol–water partition coefficient (Wildman–Crippen LogP) is 6.15. The second-order valence-corrected chi connectivity index (χ2v) is 29.8. The van der Waals surface area contributed by atoms with E-state index in [0.29, 0.717) is 52.7 Å². The topological polar surface area (TPSA) is 338 Å². The number of rotatable bonds is 16. The summed E-state index contributed by atoms with van der Waals surface area (Å²) in [5.74, 6) is 0.230. The van der Waals surface area contributed by atoms with Crippen molar-refractivity contribution < 1.29 is 110 Å². The van der Waals surface area contributed by atoms with Gasteiger partial charge in [0, 0.05) is 42.2 Å². The average Bonchev–Trinajstić information content (AvgIpc) is 0.712. The van der Waals surface area contributed by atoms with Gasteiger partial charge in [-0.05, 0) is 204 Å². The fraction of sp³-hybridized carbons (Fsp3) is 0.667. The molecule has 12 saturated carbocycles. The van der Waals surface area contributed by atoms with Crippen LogP contribution in [-0.2, 0) is 79.4 Å². The van der Waals surface area contributed by atoms with Gasteiger partial charge in [0.1, 0.15) is 40.7 Å². The van der Waals surface area contributed by atoms with Crippen LogP contribution in [0.4, 0.5) is 0 Å². The Hall–Kier alpha value is -3.09. The van der Waals surface area contributed by atoms with Gasteiger partial charge in [0.25, 0.3) is 17.4 Å². The molecule has 27 heteroatoms. The Morgan fingerprint density at radius 3 is 1.14 bits per heavy atom. The van der Waals surface area contributed by atoms with Gasteiger partial charge >= 0.3 is 5.97 Å². The second kappa shape index (κ2) is 21.3. The molecule has 15 fully saturated rings. The third-order valence-electron chi connectivity index (χ3n) is 21.2. The van der Waals surface area contributed by atoms with Crippen LogP contribution in [0.3, 0.4) is 0 Å². The number of phosphoric acid groups is 3. The lowest BCUT2D eigenvalue weighted by molar-refractivity contribution is -0.648. The molecule has 3 spiro atoms. The van der Waals surface area contributed by atoms with E-state index in [1.165, 1.54) is 49.2 Å². The summed E-state index contributed by atoms with van der Waals surface area (Å²) in [7, 11) is -12.4. The van der Waals surface area contributed by atoms with Gasteiger partial charge in [-0.2, -0.15) is 14.7 Å². The first-order valence-corrected chi connectivity index (χ1v) is 33.8. The van der Waals surface area contributed by atoms with E-state index in [1.54, 1.807) is 50.6 Å². The van der Waals surface area contributed by atoms with Crippen LogP contribution in [0.2, 0.25) is 0 Å². The first-order chi connectivity index (χ1) is 39.8. The number of phosphoric ester groups is 3. The minimum absolute atomic E-state index is 0.0401. The van der Waals surface area contributed by atoms with E-state index >= 15 is 0 Å². The Kier molecular flexibility index (Phi) is 15.2. The van der Waals surface area contributed by atoms with E-state index in [2.05, 4.69) is 13.6 Å². The van der Waals surface area contributed by atoms with Crippen molar-refractivity contribution in [2.24, 2.45) is 65.1 Å². The molecule has 0 aromatic heterocycles. The molecule has 0 amide bonds. The highest BCUT2D eigenvalue weighted by atomic mass is 35.5. The summed E-state index contributed by atoms with van der Waals surface area (Å²) in [5, 5.41) is 8.97. The fourth-order valence-corrected chi connectivity index (χ4v) is 20.8. The molecular formula is C57H66ClO23P3-6. The molecule has 3 aromatic rings. The summed E-state index contributed by atoms with van der Waals surface area (Å²) in [4.78, 5) is 112. The number of carboxylic acid groups (broad SMARTS) is 1. The predicted molar refractivity (Wildman–Crippen MR) is 277 cm³/mol. The van der Waals surface area contributed by atoms with E-state index in [9.17, 15) is 47.9 Å². The maximum Gasteiger partial charge on any atom is 0.303 e. The summed E-state index contributed by atoms with van der Waals surface area (Å²) >= 11 is 6.86. The van der Waals surface area contributed by atoms with E-state index < -0.39 is 63.6 Å². The van der Waals surface area contributed by atoms with E-state index in [0.717, 1.165) is 95.3 Å². The zero-order valence-electron chi connectivity index (χ0n) is 46.2. The molecule has 5 unspecified atom stereocenters. The first kappa shape index (κ1) is 59.9. The first-order valence-electron chi connectivity index (χ1n) is 29.0. The number of alkyl halides is 1. The van der Waals surface area contributed by atoms with Crippen LogP contribution in [0.15, 0.2) is 72.8 Å². The molecule has 460 valence electrons. The Balaban J connectivity index is 0.000000118. The third kappa shape index (κ3) is 9.81. The molecule has 5 atom stereocenters. The van der Waals surface area contributed by atoms with E-state index in [-0.39, 0.29) is 58.8 Å². The third-order valence-corrected chi connectivity index (χ3v) is 22.9. The number of hydrogen-bond donors (Lipinski definition) is 1. The van der Waals surface area contributed by atoms with Gasteiger partial charge in [0.05, 0.1) is 6.61 Å². The average molecular weight is 1250 g/mol. The van der Waals surface area contributed by atoms with Gasteiger partial charge in [0.15, 0.2) is 16.8 Å². The number of ether oxygens (including phenoxy) is 3. The van der Waals surface area contributed by atoms with Crippen molar-refractivity contribution in [1.29, 1.82) is 0 Å². The molecule has 3 heterocycles. The number of carbonyl (C=O) groups is 1. The van der Waals surface area contributed by atoms with Crippen molar-refractivity contribution >= 4 is 41.0 Å². The van der Waals surface area contributed by atoms with Crippen molar-refractivity contribution in [3.05, 3.63) is 89.5 Å². The number of methoxy groups -OCH3 is 2. The number of aliphatic carboxylic acids is 1. The lowest BCUT2D eigenvalue weighted by Crippen LogP contribution is -2.78. The van der Waals surface area contributed by atoms with Crippen LogP contribution in [0, 0.1) is 65.1 Å². The molecule has 0 radical (unpaired) electrons. The molecule has 18 rings (SSSR count). The molecule has 23 nitrogen and oxygen atoms in total. The van der Waals surface area contributed by atoms with Crippen LogP contribution < -0.4 is 42.9 Å². The van der Waals surface area contributed by atoms with E-state index in [1.807, 2.05) is 0 Å². The minimum atomic E-state index is -5.23. The molecule has 1 N–H and O–H groups in total. The normalized spacial score (nSPS) is 42.1. The van der Waals surface area contributed by atoms with Gasteiger partial charge in [-0.1, -0.05) is 36.4 Å². The molecule has 12 bridgehead atoms. The maximum atomic E-state index is 11.1. The summed E-state index contributed by atoms with van der Waals surface area (Å²) in [5.41, 5.74) is -0.266. The number of benzene rings is 3. The number of hydrogen-bond acceptors (Lipinski definition) is 22. The summed E-state index contributed by atoms with van der Waals surface area (Å²) in [6, 6.07) is 18.7. The summed E-state index contributed by atoms with van der Waals surface area (Å²) < 4.78 is 64.8. The smallest absolute Gasteiger partial charge is 0.303 e. The zero-order chi connectivity index (χ0) is 59.1. The Bertz CT molecular complexity index is 3090. The maximum absolute atomic E-state index is 11.1. The van der Waals surface area contributed by atoms with Gasteiger partial charge in [-0.25, -0.2) is 14.7 Å². The molecule has 15 aliphatic rings. The van der Waals surface area contributed by atoms with Crippen molar-refractivity contribution in [3.8, 4) is 17.2 Å². The Morgan fingerprint density at radius 1 is 0.500 bits per heavy atom. The van der Waals surface area contributed by atoms with Crippen molar-refractivity contribution in [2.75, 3.05) is 20.8 Å². The fourth-order valence-electron chi connectivity index (χ4n) is 19.1. The lowest BCUT2D eigenvalue weighted by atomic mass is 9.46. The van der Waals surface area contributed by atoms with Crippen molar-refractivity contribution in [2.45, 2.75) is 148 Å². The van der Waals surface area contributed by atoms with Crippen molar-refractivity contribution in [3.63, 3.8) is 0 Å². The largest absolute Gasteiger partial charge is 0.780 e. The minimum Gasteiger partial charge on any atom is -0.780 e. The molecule has 84 heavy (non-hydrogen) atoms. The van der Waals surface area contributed by atoms with Gasteiger partial charge in [-0.15, -0.1) is 11.6 Å². The number of carboxylic acids is 1. The second-order valence-electron chi connectivity index (χ2n) is 25.8. The standard InChI is InChI=1S/C21H27O9P.C18H22ClO7P.C18H23O7P/c22-19(23)5-2-6-27-21(15-3-1-4-18(12-15)28-31(24,25)26)20(29-30-21)16-8-13-7-14(10-16)11-17(20)9-13;1-23-18(12-3-2-4-15(7-12)24-27(20,21)22)17(25-26-18)13-5-11-6-14(17)10-16(19,8-11)9-13;1-22-18(13-3-2-4-16(10-13)23-26(19,20)21)17(24-25-18)14-6-11-5-12(8-14)9-15(17)7-11/h1,3-4,12-14,16-17H,2,5-11H2,(H,22,23)(H2,24,25,26);2-4,7,11,13-14H,5-6,8-10H2,1H3,(H2,20,21,22);2-4,10-12,14-15H,5-9H2,1H3,(H2,19,20,21)/p-6. The summed E-state index contributed by atoms with van der Waals surface area (Å²) in [6.07, 6.45) is 16.0. The highest BCUT2D eigenvalue weighted by Gasteiger charge is 2.80. The highest BCUT2D eigenvalue weighted by molar-refractivity contribution is 7.44. The monoisotopic (exact) mass is 1250 g/mol. The zero-order valence-corrected chi connectivity index (χ0v) is 49.6. The van der Waals surface area contributed by atoms with Crippen LogP contribution in [0.25, 0.3) is 0 Å². The van der Waals surface area contributed by atoms with E-state index in [4.69, 9.17) is 60.2 Å². The number of halogens is 1. The van der Waals surface area contributed by atoms with Crippen LogP contribution in [-0.4, -0.2) is 53.6 Å². The quantitative estimate of drug-likeness (QED) is 0.0727. The van der Waals surface area contributed by atoms with Gasteiger partial charge < -0.3 is 75.9 Å². The lowest BCUT2D eigenvalue weighted by Gasteiger charge is -2.70. The van der Waals surface area contributed by atoms with Gasteiger partial charge in [-0.3, -0.25) is 4.79 Å². The van der Waals surface area contributed by atoms with Gasteiger partial charge in [0.2, 0.25) is 0 Å². The summed E-state index contributed by atoms with van der Waals surface area (Å²) in [6.45, 7) is 0.135.